The van der Waals surface area contributed by atoms with Crippen LogP contribution in [0.2, 0.25) is 0 Å². The van der Waals surface area contributed by atoms with Crippen molar-refractivity contribution in [2.75, 3.05) is 60.9 Å². The number of piperidine rings is 2. The van der Waals surface area contributed by atoms with Crippen molar-refractivity contribution in [2.45, 2.75) is 77.2 Å². The molecule has 13 heteroatoms. The Balaban J connectivity index is 0.831. The van der Waals surface area contributed by atoms with Gasteiger partial charge in [-0.3, -0.25) is 34.0 Å². The maximum Gasteiger partial charge on any atom is 0.263 e. The number of fused-ring (bicyclic) bond motifs is 1. The maximum absolute atomic E-state index is 13.6. The van der Waals surface area contributed by atoms with Gasteiger partial charge in [0.05, 0.1) is 23.4 Å². The molecule has 8 rings (SSSR count). The first-order chi connectivity index (χ1) is 26.2. The lowest BCUT2D eigenvalue weighted by Gasteiger charge is -2.40. The Morgan fingerprint density at radius 2 is 1.54 bits per heavy atom. The Kier molecular flexibility index (Phi) is 10.1. The molecule has 4 aliphatic rings. The van der Waals surface area contributed by atoms with Gasteiger partial charge >= 0.3 is 0 Å². The fourth-order valence-corrected chi connectivity index (χ4v) is 8.93. The second-order valence-electron chi connectivity index (χ2n) is 15.4. The summed E-state index contributed by atoms with van der Waals surface area (Å²) in [5, 5.41) is 6.42. The number of nitrogens with zero attached hydrogens (tertiary/aromatic N) is 7. The zero-order chi connectivity index (χ0) is 37.3. The molecule has 1 aromatic carbocycles. The molecule has 0 radical (unpaired) electrons. The van der Waals surface area contributed by atoms with E-state index < -0.39 is 0 Å². The van der Waals surface area contributed by atoms with Gasteiger partial charge < -0.3 is 15.1 Å². The number of amides is 2. The third kappa shape index (κ3) is 7.33. The fourth-order valence-electron chi connectivity index (χ4n) is 8.93. The second kappa shape index (κ2) is 15.3. The minimum absolute atomic E-state index is 0.0253. The summed E-state index contributed by atoms with van der Waals surface area (Å²) in [6, 6.07) is 12.4. The molecular formula is C41H49N9O4. The lowest BCUT2D eigenvalue weighted by molar-refractivity contribution is -0.134. The summed E-state index contributed by atoms with van der Waals surface area (Å²) in [4.78, 5) is 71.3. The monoisotopic (exact) mass is 731 g/mol. The predicted molar refractivity (Wildman–Crippen MR) is 209 cm³/mol. The highest BCUT2D eigenvalue weighted by Crippen LogP contribution is 2.33. The van der Waals surface area contributed by atoms with Gasteiger partial charge in [-0.15, -0.1) is 0 Å². The number of aryl methyl sites for hydroxylation is 1. The van der Waals surface area contributed by atoms with Crippen LogP contribution in [0.25, 0.3) is 11.0 Å². The Morgan fingerprint density at radius 3 is 2.20 bits per heavy atom. The number of pyridine rings is 2. The van der Waals surface area contributed by atoms with Crippen molar-refractivity contribution in [3.05, 3.63) is 75.8 Å². The molecule has 13 nitrogen and oxygen atoms in total. The van der Waals surface area contributed by atoms with E-state index in [9.17, 15) is 19.2 Å². The van der Waals surface area contributed by atoms with Crippen LogP contribution in [0, 0.1) is 12.8 Å². The van der Waals surface area contributed by atoms with E-state index in [4.69, 9.17) is 4.98 Å². The summed E-state index contributed by atoms with van der Waals surface area (Å²) < 4.78 is 1.73. The number of rotatable bonds is 9. The molecule has 6 heterocycles. The van der Waals surface area contributed by atoms with E-state index in [1.807, 2.05) is 24.4 Å². The van der Waals surface area contributed by atoms with Gasteiger partial charge in [-0.05, 0) is 87.3 Å². The van der Waals surface area contributed by atoms with Crippen molar-refractivity contribution in [2.24, 2.45) is 5.92 Å². The van der Waals surface area contributed by atoms with Gasteiger partial charge in [0, 0.05) is 75.5 Å². The first kappa shape index (κ1) is 35.8. The number of carbonyl (C=O) groups excluding carboxylic acids is 3. The highest BCUT2D eigenvalue weighted by Gasteiger charge is 2.29. The third-order valence-electron chi connectivity index (χ3n) is 12.0. The highest BCUT2D eigenvalue weighted by atomic mass is 16.2. The molecule has 282 valence electrons. The third-order valence-corrected chi connectivity index (χ3v) is 12.0. The zero-order valence-electron chi connectivity index (χ0n) is 31.2. The molecule has 3 saturated heterocycles. The molecule has 4 fully saturated rings. The first-order valence-electron chi connectivity index (χ1n) is 19.5. The van der Waals surface area contributed by atoms with Crippen molar-refractivity contribution < 1.29 is 14.4 Å². The number of Topliss-reactive ketones (excluding diaryl/α,β-unsaturated/α-hetero) is 1. The molecule has 1 atom stereocenters. The van der Waals surface area contributed by atoms with E-state index >= 15 is 0 Å². The second-order valence-corrected chi connectivity index (χ2v) is 15.4. The Labute approximate surface area is 315 Å². The van der Waals surface area contributed by atoms with E-state index in [0.717, 1.165) is 101 Å². The molecule has 2 N–H and O–H groups in total. The van der Waals surface area contributed by atoms with Crippen molar-refractivity contribution >= 4 is 51.8 Å². The number of imide groups is 1. The van der Waals surface area contributed by atoms with Gasteiger partial charge in [-0.25, -0.2) is 9.97 Å². The number of anilines is 4. The Morgan fingerprint density at radius 1 is 0.833 bits per heavy atom. The minimum atomic E-state index is -0.260. The fraction of sp³-hybridized carbons (Fsp3) is 0.488. The summed E-state index contributed by atoms with van der Waals surface area (Å²) in [7, 11) is 0. The van der Waals surface area contributed by atoms with Crippen molar-refractivity contribution in [1.82, 2.24) is 29.7 Å². The molecular weight excluding hydrogens is 683 g/mol. The largest absolute Gasteiger partial charge is 0.372 e. The Bertz CT molecular complexity index is 2090. The van der Waals surface area contributed by atoms with Crippen LogP contribution in [0.5, 0.6) is 0 Å². The van der Waals surface area contributed by atoms with E-state index in [-0.39, 0.29) is 40.7 Å². The lowest BCUT2D eigenvalue weighted by Crippen LogP contribution is -2.49. The smallest absolute Gasteiger partial charge is 0.263 e. The minimum Gasteiger partial charge on any atom is -0.372 e. The number of carbonyl (C=O) groups is 3. The van der Waals surface area contributed by atoms with Gasteiger partial charge in [-0.1, -0.05) is 25.0 Å². The molecule has 3 aromatic heterocycles. The lowest BCUT2D eigenvalue weighted by atomic mass is 9.90. The van der Waals surface area contributed by atoms with Crippen molar-refractivity contribution in [3.8, 4) is 0 Å². The zero-order valence-corrected chi connectivity index (χ0v) is 31.2. The molecule has 0 unspecified atom stereocenters. The standard InChI is InChI=1S/C41H49N9O4/c1-26-34-24-43-41(46-38(34)50(31-5-3-4-6-31)40(54)37(26)27(2)51)44-35-13-11-32(23-42-35)49-21-19-47(20-22-49)25-28-15-17-48(18-16-28)30-9-7-29(8-10-30)33-12-14-36(52)45-39(33)53/h7-11,13,23-24,28,31,33H,3-6,12,14-22,25H2,1-2H3,(H,45,52,53)(H,42,43,44,46)/t33-/m0/s1. The normalized spacial score (nSPS) is 20.4. The van der Waals surface area contributed by atoms with E-state index in [1.54, 1.807) is 17.7 Å². The molecule has 3 aliphatic heterocycles. The number of hydrogen-bond acceptors (Lipinski definition) is 11. The molecule has 4 aromatic rings. The van der Waals surface area contributed by atoms with Crippen LogP contribution in [0.3, 0.4) is 0 Å². The van der Waals surface area contributed by atoms with Crippen LogP contribution < -0.4 is 26.0 Å². The van der Waals surface area contributed by atoms with Crippen LogP contribution >= 0.6 is 0 Å². The van der Waals surface area contributed by atoms with Crippen LogP contribution in [-0.2, 0) is 9.59 Å². The number of benzene rings is 1. The summed E-state index contributed by atoms with van der Waals surface area (Å²) in [6.07, 6.45) is 10.8. The first-order valence-corrected chi connectivity index (χ1v) is 19.5. The number of hydrogen-bond donors (Lipinski definition) is 2. The number of nitrogens with one attached hydrogen (secondary N) is 2. The van der Waals surface area contributed by atoms with E-state index in [0.29, 0.717) is 41.7 Å². The van der Waals surface area contributed by atoms with Crippen molar-refractivity contribution in [3.63, 3.8) is 0 Å². The molecule has 0 bridgehead atoms. The number of ketones is 1. The summed E-state index contributed by atoms with van der Waals surface area (Å²) >= 11 is 0. The van der Waals surface area contributed by atoms with Crippen LogP contribution in [0.15, 0.2) is 53.6 Å². The SMILES string of the molecule is CC(=O)c1c(C)c2cnc(Nc3ccc(N4CCN(CC5CCN(c6ccc([C@@H]7CCC(=O)NC7=O)cc6)CC5)CC4)cn3)nc2n(C2CCCC2)c1=O. The van der Waals surface area contributed by atoms with Gasteiger partial charge in [0.2, 0.25) is 17.8 Å². The van der Waals surface area contributed by atoms with Crippen LogP contribution in [-0.4, -0.2) is 87.8 Å². The number of aromatic nitrogens is 4. The average Bonchev–Trinajstić information content (AvgIpc) is 3.71. The van der Waals surface area contributed by atoms with E-state index in [2.05, 4.69) is 53.5 Å². The van der Waals surface area contributed by atoms with Gasteiger partial charge in [-0.2, -0.15) is 4.98 Å². The van der Waals surface area contributed by atoms with Gasteiger partial charge in [0.15, 0.2) is 5.78 Å². The quantitative estimate of drug-likeness (QED) is 0.175. The van der Waals surface area contributed by atoms with Gasteiger partial charge in [0.25, 0.3) is 5.56 Å². The van der Waals surface area contributed by atoms with Crippen LogP contribution in [0.1, 0.15) is 91.7 Å². The molecule has 2 amide bonds. The maximum atomic E-state index is 13.6. The van der Waals surface area contributed by atoms with Crippen molar-refractivity contribution in [1.29, 1.82) is 0 Å². The predicted octanol–water partition coefficient (Wildman–Crippen LogP) is 5.12. The number of piperazine rings is 1. The van der Waals surface area contributed by atoms with Crippen LogP contribution in [0.4, 0.5) is 23.1 Å². The molecule has 54 heavy (non-hydrogen) atoms. The highest BCUT2D eigenvalue weighted by molar-refractivity contribution is 6.01. The summed E-state index contributed by atoms with van der Waals surface area (Å²) in [5.74, 6) is 0.823. The Hall–Kier alpha value is -5.17. The molecule has 0 spiro atoms. The average molecular weight is 732 g/mol. The topological polar surface area (TPSA) is 146 Å². The molecule has 1 aliphatic carbocycles. The molecule has 1 saturated carbocycles. The van der Waals surface area contributed by atoms with E-state index in [1.165, 1.54) is 12.6 Å². The summed E-state index contributed by atoms with van der Waals surface area (Å²) in [5.41, 5.74) is 4.41. The van der Waals surface area contributed by atoms with Gasteiger partial charge in [0.1, 0.15) is 11.5 Å². The summed E-state index contributed by atoms with van der Waals surface area (Å²) in [6.45, 7) is 10.3.